The van der Waals surface area contributed by atoms with E-state index in [9.17, 15) is 4.79 Å². The third-order valence-electron chi connectivity index (χ3n) is 2.05. The van der Waals surface area contributed by atoms with Crippen LogP contribution in [0.15, 0.2) is 24.3 Å². The summed E-state index contributed by atoms with van der Waals surface area (Å²) in [5, 5.41) is 9.63. The molecule has 16 heavy (non-hydrogen) atoms. The molecule has 0 fully saturated rings. The number of carboxylic acid groups (broad SMARTS) is 1. The van der Waals surface area contributed by atoms with E-state index in [1.165, 1.54) is 0 Å². The molecule has 4 heteroatoms. The molecule has 0 unspecified atom stereocenters. The van der Waals surface area contributed by atoms with Crippen LogP contribution in [0.1, 0.15) is 19.4 Å². The first kappa shape index (κ1) is 13.0. The maximum atomic E-state index is 11.0. The van der Waals surface area contributed by atoms with Crippen molar-refractivity contribution in [2.45, 2.75) is 32.5 Å². The Morgan fingerprint density at radius 2 is 1.94 bits per heavy atom. The number of halogens is 1. The summed E-state index contributed by atoms with van der Waals surface area (Å²) in [5.41, 5.74) is 0.900. The van der Waals surface area contributed by atoms with Crippen LogP contribution in [-0.2, 0) is 16.0 Å². The van der Waals surface area contributed by atoms with Gasteiger partial charge in [-0.1, -0.05) is 23.7 Å². The zero-order valence-electron chi connectivity index (χ0n) is 9.31. The summed E-state index contributed by atoms with van der Waals surface area (Å²) >= 11 is 5.75. The minimum atomic E-state index is -0.941. The van der Waals surface area contributed by atoms with Crippen LogP contribution in [0.3, 0.4) is 0 Å². The Labute approximate surface area is 100.0 Å². The van der Waals surface area contributed by atoms with Crippen molar-refractivity contribution < 1.29 is 14.6 Å². The molecule has 0 saturated carbocycles. The quantitative estimate of drug-likeness (QED) is 0.864. The minimum absolute atomic E-state index is 0.103. The second-order valence-corrected chi connectivity index (χ2v) is 4.28. The van der Waals surface area contributed by atoms with E-state index in [0.29, 0.717) is 11.4 Å². The van der Waals surface area contributed by atoms with E-state index >= 15 is 0 Å². The highest BCUT2D eigenvalue weighted by Crippen LogP contribution is 2.13. The fraction of sp³-hybridized carbons (Fsp3) is 0.417. The zero-order valence-corrected chi connectivity index (χ0v) is 10.1. The summed E-state index contributed by atoms with van der Waals surface area (Å²) in [5.74, 6) is -0.941. The second kappa shape index (κ2) is 5.87. The number of rotatable bonds is 5. The number of ether oxygens (including phenoxy) is 1. The van der Waals surface area contributed by atoms with Gasteiger partial charge in [0, 0.05) is 11.4 Å². The highest BCUT2D eigenvalue weighted by atomic mass is 35.5. The lowest BCUT2D eigenvalue weighted by molar-refractivity contribution is -0.153. The molecule has 0 heterocycles. The molecule has 0 spiro atoms. The molecule has 0 radical (unpaired) electrons. The molecule has 3 nitrogen and oxygen atoms in total. The molecule has 88 valence electrons. The lowest BCUT2D eigenvalue weighted by atomic mass is 10.1. The lowest BCUT2D eigenvalue weighted by Crippen LogP contribution is -2.29. The number of hydrogen-bond acceptors (Lipinski definition) is 2. The molecular formula is C12H15ClO3. The van der Waals surface area contributed by atoms with Crippen LogP contribution in [0, 0.1) is 0 Å². The van der Waals surface area contributed by atoms with Crippen molar-refractivity contribution in [1.82, 2.24) is 0 Å². The van der Waals surface area contributed by atoms with Crippen molar-refractivity contribution in [1.29, 1.82) is 0 Å². The second-order valence-electron chi connectivity index (χ2n) is 3.84. The van der Waals surface area contributed by atoms with Crippen molar-refractivity contribution in [3.05, 3.63) is 34.9 Å². The molecule has 1 aromatic rings. The van der Waals surface area contributed by atoms with Gasteiger partial charge in [0.1, 0.15) is 0 Å². The van der Waals surface area contributed by atoms with E-state index in [1.807, 2.05) is 26.0 Å². The fourth-order valence-electron chi connectivity index (χ4n) is 1.36. The standard InChI is InChI=1S/C12H15ClO3/c1-8(2)16-11(12(14)15)7-9-3-5-10(13)6-4-9/h3-6,8,11H,7H2,1-2H3,(H,14,15)/t11-/m1/s1. The first-order chi connectivity index (χ1) is 7.49. The van der Waals surface area contributed by atoms with Crippen LogP contribution in [0.25, 0.3) is 0 Å². The topological polar surface area (TPSA) is 46.5 Å². The van der Waals surface area contributed by atoms with Crippen LogP contribution in [0.5, 0.6) is 0 Å². The van der Waals surface area contributed by atoms with E-state index in [1.54, 1.807) is 12.1 Å². The Morgan fingerprint density at radius 3 is 2.38 bits per heavy atom. The van der Waals surface area contributed by atoms with Gasteiger partial charge in [0.25, 0.3) is 0 Å². The molecule has 0 aromatic heterocycles. The van der Waals surface area contributed by atoms with Crippen LogP contribution in [0.2, 0.25) is 5.02 Å². The number of hydrogen-bond donors (Lipinski definition) is 1. The number of benzene rings is 1. The molecule has 0 amide bonds. The summed E-state index contributed by atoms with van der Waals surface area (Å²) in [6, 6.07) is 7.10. The smallest absolute Gasteiger partial charge is 0.333 e. The van der Waals surface area contributed by atoms with Crippen molar-refractivity contribution >= 4 is 17.6 Å². The van der Waals surface area contributed by atoms with E-state index in [2.05, 4.69) is 0 Å². The third-order valence-corrected chi connectivity index (χ3v) is 2.30. The lowest BCUT2D eigenvalue weighted by Gasteiger charge is -2.16. The number of carboxylic acids is 1. The molecular weight excluding hydrogens is 228 g/mol. The van der Waals surface area contributed by atoms with Gasteiger partial charge in [-0.05, 0) is 31.5 Å². The Kier molecular flexibility index (Phi) is 4.77. The van der Waals surface area contributed by atoms with Gasteiger partial charge in [-0.3, -0.25) is 0 Å². The van der Waals surface area contributed by atoms with Crippen molar-refractivity contribution in [2.24, 2.45) is 0 Å². The monoisotopic (exact) mass is 242 g/mol. The summed E-state index contributed by atoms with van der Waals surface area (Å²) in [6.45, 7) is 3.63. The first-order valence-corrected chi connectivity index (χ1v) is 5.49. The average Bonchev–Trinajstić information content (AvgIpc) is 2.19. The van der Waals surface area contributed by atoms with Gasteiger partial charge in [0.05, 0.1) is 6.10 Å². The first-order valence-electron chi connectivity index (χ1n) is 5.11. The summed E-state index contributed by atoms with van der Waals surface area (Å²) in [7, 11) is 0. The molecule has 1 rings (SSSR count). The molecule has 0 aliphatic rings. The summed E-state index contributed by atoms with van der Waals surface area (Å²) in [6.07, 6.45) is -0.556. The zero-order chi connectivity index (χ0) is 12.1. The Morgan fingerprint density at radius 1 is 1.38 bits per heavy atom. The van der Waals surface area contributed by atoms with Crippen molar-refractivity contribution in [3.8, 4) is 0 Å². The van der Waals surface area contributed by atoms with Gasteiger partial charge in [-0.2, -0.15) is 0 Å². The van der Waals surface area contributed by atoms with Gasteiger partial charge < -0.3 is 9.84 Å². The largest absolute Gasteiger partial charge is 0.479 e. The fourth-order valence-corrected chi connectivity index (χ4v) is 1.48. The third kappa shape index (κ3) is 4.21. The molecule has 0 bridgehead atoms. The number of carbonyl (C=O) groups is 1. The average molecular weight is 243 g/mol. The Hall–Kier alpha value is -1.06. The molecule has 0 aliphatic heterocycles. The van der Waals surface area contributed by atoms with Crippen LogP contribution < -0.4 is 0 Å². The number of aliphatic carboxylic acids is 1. The highest BCUT2D eigenvalue weighted by Gasteiger charge is 2.19. The van der Waals surface area contributed by atoms with Crippen LogP contribution in [-0.4, -0.2) is 23.3 Å². The summed E-state index contributed by atoms with van der Waals surface area (Å²) < 4.78 is 5.31. The van der Waals surface area contributed by atoms with E-state index in [4.69, 9.17) is 21.4 Å². The van der Waals surface area contributed by atoms with Crippen molar-refractivity contribution in [3.63, 3.8) is 0 Å². The van der Waals surface area contributed by atoms with Gasteiger partial charge in [0.2, 0.25) is 0 Å². The van der Waals surface area contributed by atoms with Crippen LogP contribution >= 0.6 is 11.6 Å². The normalized spacial score (nSPS) is 12.8. The molecule has 1 atom stereocenters. The predicted octanol–water partition coefficient (Wildman–Crippen LogP) is 2.76. The molecule has 1 N–H and O–H groups in total. The van der Waals surface area contributed by atoms with E-state index < -0.39 is 12.1 Å². The molecule has 1 aromatic carbocycles. The Balaban J connectivity index is 2.68. The van der Waals surface area contributed by atoms with Crippen LogP contribution in [0.4, 0.5) is 0 Å². The van der Waals surface area contributed by atoms with Gasteiger partial charge in [-0.25, -0.2) is 4.79 Å². The summed E-state index contributed by atoms with van der Waals surface area (Å²) in [4.78, 5) is 11.0. The van der Waals surface area contributed by atoms with Gasteiger partial charge in [0.15, 0.2) is 6.10 Å². The molecule has 0 saturated heterocycles. The SMILES string of the molecule is CC(C)O[C@H](Cc1ccc(Cl)cc1)C(=O)O. The van der Waals surface area contributed by atoms with E-state index in [0.717, 1.165) is 5.56 Å². The van der Waals surface area contributed by atoms with Crippen molar-refractivity contribution in [2.75, 3.05) is 0 Å². The van der Waals surface area contributed by atoms with E-state index in [-0.39, 0.29) is 6.10 Å². The minimum Gasteiger partial charge on any atom is -0.479 e. The predicted molar refractivity (Wildman–Crippen MR) is 62.8 cm³/mol. The Bertz CT molecular complexity index is 346. The molecule has 0 aliphatic carbocycles. The highest BCUT2D eigenvalue weighted by molar-refractivity contribution is 6.30. The maximum absolute atomic E-state index is 11.0. The van der Waals surface area contributed by atoms with Gasteiger partial charge >= 0.3 is 5.97 Å². The van der Waals surface area contributed by atoms with Gasteiger partial charge in [-0.15, -0.1) is 0 Å². The maximum Gasteiger partial charge on any atom is 0.333 e.